The fraction of sp³-hybridized carbons (Fsp3) is 0.316. The fourth-order valence-electron chi connectivity index (χ4n) is 2.51. The molecule has 1 unspecified atom stereocenters. The second-order valence-electron chi connectivity index (χ2n) is 5.59. The van der Waals surface area contributed by atoms with Crippen LogP contribution in [0.1, 0.15) is 12.5 Å². The maximum absolute atomic E-state index is 12.4. The van der Waals surface area contributed by atoms with E-state index >= 15 is 0 Å². The normalized spacial score (nSPS) is 13.8. The number of ether oxygens (including phenoxy) is 3. The number of amides is 1. The number of methoxy groups -OCH3 is 1. The standard InChI is InChI=1S/C19H21NO4S/c1-13(25-16-8-6-15(22-2)7-9-16)19(21)20-12-14-4-3-5-17-18(14)24-11-10-23-17/h3-9,13H,10-12H2,1-2H3,(H,20,21). The largest absolute Gasteiger partial charge is 0.497 e. The van der Waals surface area contributed by atoms with Crippen LogP contribution >= 0.6 is 11.8 Å². The molecule has 0 aliphatic carbocycles. The van der Waals surface area contributed by atoms with Crippen LogP contribution in [0.4, 0.5) is 0 Å². The highest BCUT2D eigenvalue weighted by molar-refractivity contribution is 8.00. The Balaban J connectivity index is 1.56. The van der Waals surface area contributed by atoms with Gasteiger partial charge in [-0.2, -0.15) is 0 Å². The van der Waals surface area contributed by atoms with Crippen LogP contribution in [0, 0.1) is 0 Å². The van der Waals surface area contributed by atoms with E-state index < -0.39 is 0 Å². The van der Waals surface area contributed by atoms with E-state index in [9.17, 15) is 4.79 Å². The first kappa shape index (κ1) is 17.5. The van der Waals surface area contributed by atoms with Gasteiger partial charge in [0.15, 0.2) is 11.5 Å². The van der Waals surface area contributed by atoms with E-state index in [0.29, 0.717) is 19.8 Å². The van der Waals surface area contributed by atoms with Crippen molar-refractivity contribution in [2.75, 3.05) is 20.3 Å². The highest BCUT2D eigenvalue weighted by Gasteiger charge is 2.18. The first-order chi connectivity index (χ1) is 12.2. The van der Waals surface area contributed by atoms with Crippen LogP contribution in [0.2, 0.25) is 0 Å². The van der Waals surface area contributed by atoms with Crippen LogP contribution in [-0.2, 0) is 11.3 Å². The van der Waals surface area contributed by atoms with Crippen molar-refractivity contribution >= 4 is 17.7 Å². The molecule has 1 aliphatic rings. The van der Waals surface area contributed by atoms with Crippen molar-refractivity contribution in [3.05, 3.63) is 48.0 Å². The average molecular weight is 359 g/mol. The number of hydrogen-bond donors (Lipinski definition) is 1. The fourth-order valence-corrected chi connectivity index (χ4v) is 3.40. The molecule has 1 amide bonds. The molecule has 1 atom stereocenters. The monoisotopic (exact) mass is 359 g/mol. The van der Waals surface area contributed by atoms with Crippen LogP contribution in [0.15, 0.2) is 47.4 Å². The molecule has 6 heteroatoms. The highest BCUT2D eigenvalue weighted by Crippen LogP contribution is 2.33. The molecule has 5 nitrogen and oxygen atoms in total. The number of carbonyl (C=O) groups is 1. The predicted octanol–water partition coefficient (Wildman–Crippen LogP) is 3.26. The van der Waals surface area contributed by atoms with E-state index in [4.69, 9.17) is 14.2 Å². The number of nitrogens with one attached hydrogen (secondary N) is 1. The summed E-state index contributed by atoms with van der Waals surface area (Å²) >= 11 is 1.51. The number of fused-ring (bicyclic) bond motifs is 1. The topological polar surface area (TPSA) is 56.8 Å². The Labute approximate surface area is 151 Å². The summed E-state index contributed by atoms with van der Waals surface area (Å²) in [6.07, 6.45) is 0. The summed E-state index contributed by atoms with van der Waals surface area (Å²) in [6.45, 7) is 3.39. The van der Waals surface area contributed by atoms with Gasteiger partial charge >= 0.3 is 0 Å². The van der Waals surface area contributed by atoms with Crippen molar-refractivity contribution in [3.63, 3.8) is 0 Å². The lowest BCUT2D eigenvalue weighted by molar-refractivity contribution is -0.120. The molecule has 2 aromatic carbocycles. The Hall–Kier alpha value is -2.34. The average Bonchev–Trinajstić information content (AvgIpc) is 2.66. The molecule has 132 valence electrons. The maximum atomic E-state index is 12.4. The number of hydrogen-bond acceptors (Lipinski definition) is 5. The predicted molar refractivity (Wildman–Crippen MR) is 97.6 cm³/mol. The van der Waals surface area contributed by atoms with Crippen LogP contribution in [-0.4, -0.2) is 31.5 Å². The van der Waals surface area contributed by atoms with Gasteiger partial charge in [-0.05, 0) is 37.3 Å². The highest BCUT2D eigenvalue weighted by atomic mass is 32.2. The van der Waals surface area contributed by atoms with Crippen LogP contribution in [0.25, 0.3) is 0 Å². The summed E-state index contributed by atoms with van der Waals surface area (Å²) in [4.78, 5) is 13.4. The molecular weight excluding hydrogens is 338 g/mol. The molecule has 0 saturated heterocycles. The summed E-state index contributed by atoms with van der Waals surface area (Å²) in [7, 11) is 1.63. The molecule has 0 saturated carbocycles. The second kappa shape index (κ2) is 8.16. The molecule has 25 heavy (non-hydrogen) atoms. The van der Waals surface area contributed by atoms with E-state index in [2.05, 4.69) is 5.32 Å². The smallest absolute Gasteiger partial charge is 0.233 e. The van der Waals surface area contributed by atoms with E-state index in [1.165, 1.54) is 11.8 Å². The van der Waals surface area contributed by atoms with Crippen molar-refractivity contribution in [2.45, 2.75) is 23.6 Å². The number of carbonyl (C=O) groups excluding carboxylic acids is 1. The molecule has 1 N–H and O–H groups in total. The van der Waals surface area contributed by atoms with E-state index in [1.807, 2.05) is 49.4 Å². The summed E-state index contributed by atoms with van der Waals surface area (Å²) in [5.41, 5.74) is 0.923. The molecule has 0 radical (unpaired) electrons. The van der Waals surface area contributed by atoms with Crippen molar-refractivity contribution in [1.29, 1.82) is 0 Å². The molecule has 1 heterocycles. The first-order valence-electron chi connectivity index (χ1n) is 8.13. The van der Waals surface area contributed by atoms with Gasteiger partial charge in [0.05, 0.1) is 12.4 Å². The lowest BCUT2D eigenvalue weighted by atomic mass is 10.1. The van der Waals surface area contributed by atoms with E-state index in [-0.39, 0.29) is 11.2 Å². The summed E-state index contributed by atoms with van der Waals surface area (Å²) in [6, 6.07) is 13.4. The van der Waals surface area contributed by atoms with E-state index in [0.717, 1.165) is 27.7 Å². The summed E-state index contributed by atoms with van der Waals surface area (Å²) < 4.78 is 16.4. The maximum Gasteiger partial charge on any atom is 0.233 e. The number of para-hydroxylation sites is 1. The molecule has 0 fully saturated rings. The van der Waals surface area contributed by atoms with Crippen molar-refractivity contribution in [2.24, 2.45) is 0 Å². The molecular formula is C19H21NO4S. The second-order valence-corrected chi connectivity index (χ2v) is 7.01. The minimum atomic E-state index is -0.204. The first-order valence-corrected chi connectivity index (χ1v) is 9.01. The summed E-state index contributed by atoms with van der Waals surface area (Å²) in [5, 5.41) is 2.77. The molecule has 0 bridgehead atoms. The van der Waals surface area contributed by atoms with Crippen LogP contribution in [0.5, 0.6) is 17.2 Å². The Kier molecular flexibility index (Phi) is 5.71. The third-order valence-corrected chi connectivity index (χ3v) is 4.95. The molecule has 2 aromatic rings. The van der Waals surface area contributed by atoms with Gasteiger partial charge in [0.2, 0.25) is 5.91 Å². The Bertz CT molecular complexity index is 733. The molecule has 1 aliphatic heterocycles. The lowest BCUT2D eigenvalue weighted by Gasteiger charge is -2.21. The van der Waals surface area contributed by atoms with E-state index in [1.54, 1.807) is 7.11 Å². The lowest BCUT2D eigenvalue weighted by Crippen LogP contribution is -2.30. The van der Waals surface area contributed by atoms with Crippen molar-refractivity contribution < 1.29 is 19.0 Å². The Morgan fingerprint density at radius 3 is 2.72 bits per heavy atom. The Morgan fingerprint density at radius 2 is 1.96 bits per heavy atom. The molecule has 0 aromatic heterocycles. The van der Waals surface area contributed by atoms with Gasteiger partial charge in [-0.3, -0.25) is 4.79 Å². The minimum absolute atomic E-state index is 0.0184. The zero-order valence-corrected chi connectivity index (χ0v) is 15.1. The SMILES string of the molecule is COc1ccc(SC(C)C(=O)NCc2cccc3c2OCCO3)cc1. The van der Waals surface area contributed by atoms with Gasteiger partial charge in [-0.1, -0.05) is 12.1 Å². The third-order valence-electron chi connectivity index (χ3n) is 3.84. The van der Waals surface area contributed by atoms with Gasteiger partial charge in [-0.25, -0.2) is 0 Å². The van der Waals surface area contributed by atoms with Gasteiger partial charge in [0.25, 0.3) is 0 Å². The van der Waals surface area contributed by atoms with Gasteiger partial charge in [0.1, 0.15) is 19.0 Å². The zero-order valence-electron chi connectivity index (χ0n) is 14.3. The minimum Gasteiger partial charge on any atom is -0.497 e. The number of rotatable bonds is 6. The van der Waals surface area contributed by atoms with Gasteiger partial charge < -0.3 is 19.5 Å². The molecule has 0 spiro atoms. The van der Waals surface area contributed by atoms with Crippen LogP contribution in [0.3, 0.4) is 0 Å². The number of benzene rings is 2. The van der Waals surface area contributed by atoms with Gasteiger partial charge in [0, 0.05) is 17.0 Å². The summed E-state index contributed by atoms with van der Waals surface area (Å²) in [5.74, 6) is 2.25. The van der Waals surface area contributed by atoms with Gasteiger partial charge in [-0.15, -0.1) is 11.8 Å². The third kappa shape index (κ3) is 4.39. The molecule has 3 rings (SSSR count). The number of thioether (sulfide) groups is 1. The van der Waals surface area contributed by atoms with Crippen LogP contribution < -0.4 is 19.5 Å². The zero-order chi connectivity index (χ0) is 17.6. The quantitative estimate of drug-likeness (QED) is 0.803. The van der Waals surface area contributed by atoms with Crippen molar-refractivity contribution in [3.8, 4) is 17.2 Å². The Morgan fingerprint density at radius 1 is 1.20 bits per heavy atom. The van der Waals surface area contributed by atoms with Crippen molar-refractivity contribution in [1.82, 2.24) is 5.32 Å².